The van der Waals surface area contributed by atoms with Gasteiger partial charge >= 0.3 is 0 Å². The van der Waals surface area contributed by atoms with Gasteiger partial charge < -0.3 is 4.90 Å². The van der Waals surface area contributed by atoms with Gasteiger partial charge in [0.25, 0.3) is 5.91 Å². The number of anilines is 1. The quantitative estimate of drug-likeness (QED) is 0.739. The first-order chi connectivity index (χ1) is 10.2. The summed E-state index contributed by atoms with van der Waals surface area (Å²) in [6.07, 6.45) is 5.60. The minimum absolute atomic E-state index is 0.0464. The van der Waals surface area contributed by atoms with Gasteiger partial charge in [0.15, 0.2) is 0 Å². The molecule has 0 bridgehead atoms. The first kappa shape index (κ1) is 14.1. The van der Waals surface area contributed by atoms with E-state index < -0.39 is 0 Å². The monoisotopic (exact) mass is 341 g/mol. The lowest BCUT2D eigenvalue weighted by molar-refractivity contribution is -0.114. The van der Waals surface area contributed by atoms with Crippen LogP contribution in [0.1, 0.15) is 17.5 Å². The Balaban J connectivity index is 1.79. The molecule has 3 heteroatoms. The molecule has 21 heavy (non-hydrogen) atoms. The van der Waals surface area contributed by atoms with Crippen LogP contribution < -0.4 is 4.90 Å². The van der Waals surface area contributed by atoms with Gasteiger partial charge in [-0.1, -0.05) is 46.3 Å². The van der Waals surface area contributed by atoms with Crippen molar-refractivity contribution in [3.8, 4) is 0 Å². The SMILES string of the molecule is O=C(/C=C/c1ccc(Br)cc1)N1CCCc2ccccc21. The lowest BCUT2D eigenvalue weighted by Crippen LogP contribution is -2.34. The fourth-order valence-corrected chi connectivity index (χ4v) is 2.86. The summed E-state index contributed by atoms with van der Waals surface area (Å²) in [7, 11) is 0. The molecule has 0 unspecified atom stereocenters. The minimum atomic E-state index is 0.0464. The standard InChI is InChI=1S/C18H16BrNO/c19-16-10-7-14(8-11-16)9-12-18(21)20-13-3-5-15-4-1-2-6-17(15)20/h1-2,4,6-12H,3,5,13H2/b12-9+. The summed E-state index contributed by atoms with van der Waals surface area (Å²) < 4.78 is 1.04. The van der Waals surface area contributed by atoms with Crippen molar-refractivity contribution >= 4 is 33.6 Å². The van der Waals surface area contributed by atoms with Crippen LogP contribution >= 0.6 is 15.9 Å². The van der Waals surface area contributed by atoms with Gasteiger partial charge in [0.05, 0.1) is 0 Å². The van der Waals surface area contributed by atoms with Crippen LogP contribution in [0.3, 0.4) is 0 Å². The van der Waals surface area contributed by atoms with Crippen molar-refractivity contribution in [1.29, 1.82) is 0 Å². The van der Waals surface area contributed by atoms with Gasteiger partial charge in [-0.05, 0) is 48.2 Å². The minimum Gasteiger partial charge on any atom is -0.309 e. The summed E-state index contributed by atoms with van der Waals surface area (Å²) in [5.74, 6) is 0.0464. The largest absolute Gasteiger partial charge is 0.309 e. The zero-order valence-electron chi connectivity index (χ0n) is 11.6. The Labute approximate surface area is 133 Å². The molecule has 1 amide bonds. The average Bonchev–Trinajstić information content (AvgIpc) is 2.53. The molecule has 0 aliphatic carbocycles. The number of amides is 1. The maximum absolute atomic E-state index is 12.4. The van der Waals surface area contributed by atoms with Gasteiger partial charge in [0.2, 0.25) is 0 Å². The van der Waals surface area contributed by atoms with Gasteiger partial charge in [0, 0.05) is 22.8 Å². The van der Waals surface area contributed by atoms with Gasteiger partial charge in [0.1, 0.15) is 0 Å². The lowest BCUT2D eigenvalue weighted by atomic mass is 10.0. The molecule has 1 heterocycles. The molecule has 2 aromatic rings. The van der Waals surface area contributed by atoms with Crippen molar-refractivity contribution in [2.45, 2.75) is 12.8 Å². The second-order valence-electron chi connectivity index (χ2n) is 5.11. The molecule has 106 valence electrons. The van der Waals surface area contributed by atoms with E-state index in [2.05, 4.69) is 22.0 Å². The third-order valence-electron chi connectivity index (χ3n) is 3.66. The molecule has 0 fully saturated rings. The van der Waals surface area contributed by atoms with E-state index in [0.717, 1.165) is 35.1 Å². The third kappa shape index (κ3) is 3.24. The van der Waals surface area contributed by atoms with Crippen molar-refractivity contribution in [1.82, 2.24) is 0 Å². The number of aryl methyl sites for hydroxylation is 1. The number of fused-ring (bicyclic) bond motifs is 1. The second kappa shape index (κ2) is 6.27. The Morgan fingerprint density at radius 2 is 1.86 bits per heavy atom. The molecular formula is C18H16BrNO. The van der Waals surface area contributed by atoms with Gasteiger partial charge in [-0.25, -0.2) is 0 Å². The topological polar surface area (TPSA) is 20.3 Å². The van der Waals surface area contributed by atoms with Gasteiger partial charge in [-0.3, -0.25) is 4.79 Å². The Morgan fingerprint density at radius 3 is 2.67 bits per heavy atom. The number of nitrogens with zero attached hydrogens (tertiary/aromatic N) is 1. The molecule has 0 spiro atoms. The van der Waals surface area contributed by atoms with E-state index in [1.165, 1.54) is 5.56 Å². The zero-order valence-corrected chi connectivity index (χ0v) is 13.2. The summed E-state index contributed by atoms with van der Waals surface area (Å²) in [6, 6.07) is 16.1. The van der Waals surface area contributed by atoms with E-state index in [1.54, 1.807) is 6.08 Å². The number of carbonyl (C=O) groups excluding carboxylic acids is 1. The number of para-hydroxylation sites is 1. The fourth-order valence-electron chi connectivity index (χ4n) is 2.59. The Hall–Kier alpha value is -1.87. The third-order valence-corrected chi connectivity index (χ3v) is 4.19. The highest BCUT2D eigenvalue weighted by atomic mass is 79.9. The molecule has 0 radical (unpaired) electrons. The molecule has 0 saturated heterocycles. The summed E-state index contributed by atoms with van der Waals surface area (Å²) in [5.41, 5.74) is 3.33. The van der Waals surface area contributed by atoms with Crippen LogP contribution in [0.5, 0.6) is 0 Å². The summed E-state index contributed by atoms with van der Waals surface area (Å²) in [4.78, 5) is 14.3. The molecule has 0 saturated carbocycles. The highest BCUT2D eigenvalue weighted by Gasteiger charge is 2.20. The molecule has 0 N–H and O–H groups in total. The van der Waals surface area contributed by atoms with Crippen molar-refractivity contribution in [2.24, 2.45) is 0 Å². The summed E-state index contributed by atoms with van der Waals surface area (Å²) >= 11 is 3.41. The molecule has 0 atom stereocenters. The number of hydrogen-bond acceptors (Lipinski definition) is 1. The van der Waals surface area contributed by atoms with E-state index >= 15 is 0 Å². The zero-order chi connectivity index (χ0) is 14.7. The number of halogens is 1. The van der Waals surface area contributed by atoms with Crippen molar-refractivity contribution in [2.75, 3.05) is 11.4 Å². The Bertz CT molecular complexity index is 676. The molecule has 2 nitrogen and oxygen atoms in total. The van der Waals surface area contributed by atoms with Crippen molar-refractivity contribution in [3.05, 3.63) is 70.2 Å². The van der Waals surface area contributed by atoms with Crippen LogP contribution in [0.4, 0.5) is 5.69 Å². The molecular weight excluding hydrogens is 326 g/mol. The Kier molecular flexibility index (Phi) is 4.20. The molecule has 3 rings (SSSR count). The van der Waals surface area contributed by atoms with Crippen LogP contribution in [0, 0.1) is 0 Å². The van der Waals surface area contributed by atoms with Gasteiger partial charge in [-0.15, -0.1) is 0 Å². The van der Waals surface area contributed by atoms with Crippen LogP contribution in [-0.4, -0.2) is 12.5 Å². The average molecular weight is 342 g/mol. The van der Waals surface area contributed by atoms with Gasteiger partial charge in [-0.2, -0.15) is 0 Å². The van der Waals surface area contributed by atoms with Crippen LogP contribution in [0.25, 0.3) is 6.08 Å². The van der Waals surface area contributed by atoms with E-state index in [-0.39, 0.29) is 5.91 Å². The van der Waals surface area contributed by atoms with Crippen LogP contribution in [0.2, 0.25) is 0 Å². The smallest absolute Gasteiger partial charge is 0.250 e. The number of benzene rings is 2. The maximum Gasteiger partial charge on any atom is 0.250 e. The van der Waals surface area contributed by atoms with E-state index in [1.807, 2.05) is 53.4 Å². The Morgan fingerprint density at radius 1 is 1.10 bits per heavy atom. The second-order valence-corrected chi connectivity index (χ2v) is 6.02. The van der Waals surface area contributed by atoms with Crippen molar-refractivity contribution < 1.29 is 4.79 Å². The number of rotatable bonds is 2. The molecule has 2 aromatic carbocycles. The van der Waals surface area contributed by atoms with E-state index in [0.29, 0.717) is 0 Å². The summed E-state index contributed by atoms with van der Waals surface area (Å²) in [5, 5.41) is 0. The fraction of sp³-hybridized carbons (Fsp3) is 0.167. The summed E-state index contributed by atoms with van der Waals surface area (Å²) in [6.45, 7) is 0.792. The first-order valence-corrected chi connectivity index (χ1v) is 7.86. The van der Waals surface area contributed by atoms with Crippen LogP contribution in [-0.2, 0) is 11.2 Å². The first-order valence-electron chi connectivity index (χ1n) is 7.07. The highest BCUT2D eigenvalue weighted by molar-refractivity contribution is 9.10. The highest BCUT2D eigenvalue weighted by Crippen LogP contribution is 2.26. The predicted molar refractivity (Wildman–Crippen MR) is 90.3 cm³/mol. The van der Waals surface area contributed by atoms with Crippen LogP contribution in [0.15, 0.2) is 59.1 Å². The van der Waals surface area contributed by atoms with Crippen molar-refractivity contribution in [3.63, 3.8) is 0 Å². The molecule has 1 aliphatic heterocycles. The number of hydrogen-bond donors (Lipinski definition) is 0. The van der Waals surface area contributed by atoms with E-state index in [4.69, 9.17) is 0 Å². The normalized spacial score (nSPS) is 14.2. The molecule has 1 aliphatic rings. The predicted octanol–water partition coefficient (Wildman–Crippen LogP) is 4.44. The number of carbonyl (C=O) groups is 1. The molecule has 0 aromatic heterocycles. The maximum atomic E-state index is 12.4. The van der Waals surface area contributed by atoms with E-state index in [9.17, 15) is 4.79 Å². The lowest BCUT2D eigenvalue weighted by Gasteiger charge is -2.28.